The number of hydrazone groups is 1. The first-order valence-corrected chi connectivity index (χ1v) is 14.3. The molecule has 3 atom stereocenters. The Labute approximate surface area is 225 Å². The van der Waals surface area contributed by atoms with Crippen LogP contribution in [0.4, 0.5) is 19.7 Å². The number of cyclic esters (lactones) is 1. The zero-order chi connectivity index (χ0) is 27.7. The number of halogens is 1. The third-order valence-electron chi connectivity index (χ3n) is 5.38. The molecule has 1 aliphatic heterocycles. The molecule has 0 aliphatic carbocycles. The number of amides is 2. The average Bonchev–Trinajstić information content (AvgIpc) is 3.29. The zero-order valence-electron chi connectivity index (χ0n) is 19.9. The number of nitrogens with zero attached hydrogens (tertiary/aromatic N) is 2. The van der Waals surface area contributed by atoms with Crippen LogP contribution in [0.2, 0.25) is 0 Å². The van der Waals surface area contributed by atoms with Gasteiger partial charge in [0.2, 0.25) is 0 Å². The summed E-state index contributed by atoms with van der Waals surface area (Å²) >= 11 is 0.560. The Morgan fingerprint density at radius 3 is 2.71 bits per heavy atom. The molecule has 0 radical (unpaired) electrons. The standard InChI is InChI=1S/C22H27FN6O6P2S/c23-19-7-16(29-12-17(35-21(29)31)11-27-20(30)38-22(36-32)37(33)34)5-6-18(19)14-3-1-13(2-4-14)9-26-10-15(8-24)28-25/h1-8,17,22,24,26,32-34,36H,9-12,25H2,(H,27,30)/t17-,22?/m0/s1. The van der Waals surface area contributed by atoms with E-state index in [1.165, 1.54) is 11.0 Å². The Hall–Kier alpha value is -2.70. The number of nitrogens with one attached hydrogen (secondary N) is 3. The third kappa shape index (κ3) is 8.15. The van der Waals surface area contributed by atoms with Gasteiger partial charge in [0.25, 0.3) is 5.24 Å². The molecular formula is C22H27FN6O6P2S. The van der Waals surface area contributed by atoms with Crippen molar-refractivity contribution in [2.45, 2.75) is 17.4 Å². The van der Waals surface area contributed by atoms with Crippen LogP contribution >= 0.6 is 28.9 Å². The molecule has 2 aromatic carbocycles. The number of nitrogens with two attached hydrogens (primary N) is 1. The predicted octanol–water partition coefficient (Wildman–Crippen LogP) is 2.48. The molecule has 0 spiro atoms. The summed E-state index contributed by atoms with van der Waals surface area (Å²) < 4.78 is 19.2. The Balaban J connectivity index is 1.57. The van der Waals surface area contributed by atoms with Crippen molar-refractivity contribution in [3.05, 3.63) is 53.8 Å². The second-order valence-electron chi connectivity index (χ2n) is 7.93. The Bertz CT molecular complexity index is 1180. The maximum atomic E-state index is 15.0. The summed E-state index contributed by atoms with van der Waals surface area (Å²) in [6, 6.07) is 11.7. The second-order valence-corrected chi connectivity index (χ2v) is 12.3. The van der Waals surface area contributed by atoms with Crippen LogP contribution < -0.4 is 21.4 Å². The molecule has 1 heterocycles. The van der Waals surface area contributed by atoms with E-state index in [0.29, 0.717) is 47.4 Å². The molecule has 2 amide bonds. The van der Waals surface area contributed by atoms with E-state index >= 15 is 4.39 Å². The molecule has 12 nitrogen and oxygen atoms in total. The molecule has 38 heavy (non-hydrogen) atoms. The van der Waals surface area contributed by atoms with E-state index in [9.17, 15) is 19.4 Å². The van der Waals surface area contributed by atoms with Crippen molar-refractivity contribution >= 4 is 57.9 Å². The smallest absolute Gasteiger partial charge is 0.414 e. The van der Waals surface area contributed by atoms with Crippen LogP contribution in [0.1, 0.15) is 5.56 Å². The highest BCUT2D eigenvalue weighted by Crippen LogP contribution is 2.48. The fourth-order valence-electron chi connectivity index (χ4n) is 3.48. The van der Waals surface area contributed by atoms with Crippen LogP contribution in [-0.4, -0.2) is 68.4 Å². The first kappa shape index (κ1) is 29.9. The lowest BCUT2D eigenvalue weighted by Gasteiger charge is -2.15. The van der Waals surface area contributed by atoms with Gasteiger partial charge in [-0.1, -0.05) is 24.3 Å². The number of anilines is 1. The summed E-state index contributed by atoms with van der Waals surface area (Å²) in [6.45, 7) is 0.907. The van der Waals surface area contributed by atoms with Crippen molar-refractivity contribution in [2.24, 2.45) is 10.9 Å². The minimum atomic E-state index is -2.48. The molecule has 2 aromatic rings. The number of thioether (sulfide) groups is 1. The largest absolute Gasteiger partial charge is 0.442 e. The Kier molecular flexibility index (Phi) is 11.4. The Morgan fingerprint density at radius 1 is 1.37 bits per heavy atom. The van der Waals surface area contributed by atoms with Gasteiger partial charge < -0.3 is 41.3 Å². The highest BCUT2D eigenvalue weighted by Gasteiger charge is 2.33. The maximum absolute atomic E-state index is 15.0. The van der Waals surface area contributed by atoms with Crippen LogP contribution in [0.15, 0.2) is 47.6 Å². The van der Waals surface area contributed by atoms with Crippen LogP contribution in [0.25, 0.3) is 11.1 Å². The fourth-order valence-corrected chi connectivity index (χ4v) is 5.46. The zero-order valence-corrected chi connectivity index (χ0v) is 22.6. The fraction of sp³-hybridized carbons (Fsp3) is 0.273. The van der Waals surface area contributed by atoms with E-state index in [1.54, 1.807) is 24.3 Å². The monoisotopic (exact) mass is 584 g/mol. The molecule has 8 N–H and O–H groups in total. The number of hydrogen-bond acceptors (Lipinski definition) is 11. The molecular weight excluding hydrogens is 557 g/mol. The van der Waals surface area contributed by atoms with Gasteiger partial charge in [-0.25, -0.2) is 9.18 Å². The summed E-state index contributed by atoms with van der Waals surface area (Å²) in [5.41, 5.74) is 2.67. The highest BCUT2D eigenvalue weighted by atomic mass is 32.2. The lowest BCUT2D eigenvalue weighted by atomic mass is 10.0. The van der Waals surface area contributed by atoms with Crippen LogP contribution in [0.5, 0.6) is 0 Å². The van der Waals surface area contributed by atoms with Crippen molar-refractivity contribution in [2.75, 3.05) is 24.5 Å². The maximum Gasteiger partial charge on any atom is 0.414 e. The lowest BCUT2D eigenvalue weighted by Crippen LogP contribution is -2.33. The predicted molar refractivity (Wildman–Crippen MR) is 148 cm³/mol. The van der Waals surface area contributed by atoms with Gasteiger partial charge in [-0.3, -0.25) is 9.69 Å². The quantitative estimate of drug-likeness (QED) is 0.0849. The van der Waals surface area contributed by atoms with Gasteiger partial charge in [0.1, 0.15) is 16.7 Å². The molecule has 1 aliphatic rings. The van der Waals surface area contributed by atoms with Gasteiger partial charge in [-0.2, -0.15) is 5.10 Å². The van der Waals surface area contributed by atoms with Gasteiger partial charge in [0.15, 0.2) is 8.38 Å². The third-order valence-corrected chi connectivity index (χ3v) is 9.20. The van der Waals surface area contributed by atoms with E-state index in [-0.39, 0.29) is 13.1 Å². The minimum Gasteiger partial charge on any atom is -0.442 e. The summed E-state index contributed by atoms with van der Waals surface area (Å²) in [7, 11) is -3.30. The molecule has 1 fully saturated rings. The lowest BCUT2D eigenvalue weighted by molar-refractivity contribution is 0.141. The molecule has 204 valence electrons. The number of hydrogen-bond donors (Lipinski definition) is 7. The summed E-state index contributed by atoms with van der Waals surface area (Å²) in [4.78, 5) is 53.0. The first-order chi connectivity index (χ1) is 18.2. The van der Waals surface area contributed by atoms with E-state index in [0.717, 1.165) is 11.8 Å². The number of carbonyl (C=O) groups excluding carboxylic acids is 2. The van der Waals surface area contributed by atoms with Gasteiger partial charge >= 0.3 is 6.09 Å². The number of benzene rings is 2. The molecule has 0 saturated carbocycles. The number of ether oxygens (including phenoxy) is 1. The van der Waals surface area contributed by atoms with Gasteiger partial charge in [0, 0.05) is 33.7 Å². The highest BCUT2D eigenvalue weighted by molar-refractivity contribution is 8.21. The summed E-state index contributed by atoms with van der Waals surface area (Å²) in [5.74, 6) is 4.65. The number of carbonyl (C=O) groups is 2. The van der Waals surface area contributed by atoms with E-state index in [4.69, 9.17) is 20.9 Å². The van der Waals surface area contributed by atoms with Crippen molar-refractivity contribution in [3.8, 4) is 11.1 Å². The average molecular weight is 585 g/mol. The normalized spacial score (nSPS) is 16.8. The Morgan fingerprint density at radius 2 is 2.11 bits per heavy atom. The van der Waals surface area contributed by atoms with Gasteiger partial charge in [-0.05, 0) is 41.1 Å². The van der Waals surface area contributed by atoms with Crippen LogP contribution in [0.3, 0.4) is 0 Å². The van der Waals surface area contributed by atoms with Gasteiger partial charge in [0.05, 0.1) is 24.5 Å². The molecule has 1 saturated heterocycles. The van der Waals surface area contributed by atoms with Crippen molar-refractivity contribution in [1.82, 2.24) is 10.6 Å². The van der Waals surface area contributed by atoms with Crippen molar-refractivity contribution in [3.63, 3.8) is 0 Å². The topological polar surface area (TPSA) is 194 Å². The molecule has 16 heteroatoms. The molecule has 0 aromatic heterocycles. The van der Waals surface area contributed by atoms with Crippen LogP contribution in [0, 0.1) is 11.2 Å². The summed E-state index contributed by atoms with van der Waals surface area (Å²) in [6.07, 6.45) is -0.304. The minimum absolute atomic E-state index is 0.0341. The molecule has 3 rings (SSSR count). The SMILES string of the molecule is N=CC(CNCc1ccc(-c2ccc(N3C[C@H](CNC(=O)SC(PO)P(O)O)OC3=O)cc2F)cc1)=NN. The van der Waals surface area contributed by atoms with E-state index in [2.05, 4.69) is 15.7 Å². The number of rotatable bonds is 12. The summed E-state index contributed by atoms with van der Waals surface area (Å²) in [5, 5.41) is 15.7. The first-order valence-electron chi connectivity index (χ1n) is 11.1. The van der Waals surface area contributed by atoms with Crippen LogP contribution in [-0.2, 0) is 11.3 Å². The van der Waals surface area contributed by atoms with E-state index in [1.807, 2.05) is 12.1 Å². The second kappa shape index (κ2) is 14.5. The molecule has 2 unspecified atom stereocenters. The molecule has 0 bridgehead atoms. The van der Waals surface area contributed by atoms with E-state index < -0.39 is 45.2 Å². The van der Waals surface area contributed by atoms with Crippen molar-refractivity contribution < 1.29 is 33.4 Å². The van der Waals surface area contributed by atoms with Crippen molar-refractivity contribution in [1.29, 1.82) is 5.41 Å². The van der Waals surface area contributed by atoms with Gasteiger partial charge in [-0.15, -0.1) is 0 Å².